The molecular formula is C18H15N5O3S2. The average molecular weight is 413 g/mol. The Morgan fingerprint density at radius 3 is 2.89 bits per heavy atom. The topological polar surface area (TPSA) is 95.5 Å². The van der Waals surface area contributed by atoms with Crippen molar-refractivity contribution in [2.75, 3.05) is 11.4 Å². The Morgan fingerprint density at radius 1 is 1.18 bits per heavy atom. The number of hydrogen-bond acceptors (Lipinski definition) is 7. The third-order valence-electron chi connectivity index (χ3n) is 5.13. The van der Waals surface area contributed by atoms with E-state index in [-0.39, 0.29) is 23.9 Å². The highest BCUT2D eigenvalue weighted by Gasteiger charge is 2.49. The Kier molecular flexibility index (Phi) is 4.09. The third-order valence-corrected chi connectivity index (χ3v) is 6.54. The van der Waals surface area contributed by atoms with Gasteiger partial charge in [0, 0.05) is 12.6 Å². The molecule has 0 radical (unpaired) electrons. The molecular weight excluding hydrogens is 398 g/mol. The van der Waals surface area contributed by atoms with E-state index < -0.39 is 6.04 Å². The highest BCUT2D eigenvalue weighted by atomic mass is 32.1. The molecule has 142 valence electrons. The van der Waals surface area contributed by atoms with E-state index in [1.165, 1.54) is 16.2 Å². The highest BCUT2D eigenvalue weighted by Crippen LogP contribution is 2.34. The Hall–Kier alpha value is -2.85. The summed E-state index contributed by atoms with van der Waals surface area (Å²) < 4.78 is 8.42. The fourth-order valence-electron chi connectivity index (χ4n) is 3.79. The van der Waals surface area contributed by atoms with Crippen molar-refractivity contribution in [3.8, 4) is 0 Å². The van der Waals surface area contributed by atoms with Crippen molar-refractivity contribution in [2.24, 2.45) is 0 Å². The molecule has 10 heteroatoms. The minimum absolute atomic E-state index is 0.139. The number of amides is 4. The van der Waals surface area contributed by atoms with Crippen LogP contribution in [0.1, 0.15) is 22.5 Å². The summed E-state index contributed by atoms with van der Waals surface area (Å²) in [6.45, 7) is 0.423. The van der Waals surface area contributed by atoms with Crippen LogP contribution in [-0.2, 0) is 4.79 Å². The molecule has 1 N–H and O–H groups in total. The van der Waals surface area contributed by atoms with Gasteiger partial charge >= 0.3 is 6.03 Å². The predicted octanol–water partition coefficient (Wildman–Crippen LogP) is 2.48. The summed E-state index contributed by atoms with van der Waals surface area (Å²) in [6, 6.07) is 7.82. The van der Waals surface area contributed by atoms with Gasteiger partial charge in [-0.25, -0.2) is 9.69 Å². The van der Waals surface area contributed by atoms with E-state index in [1.807, 2.05) is 11.4 Å². The number of carbonyl (C=O) groups excluding carboxylic acids is 3. The van der Waals surface area contributed by atoms with Gasteiger partial charge in [-0.3, -0.25) is 9.59 Å². The molecule has 5 rings (SSSR count). The molecule has 0 saturated carbocycles. The van der Waals surface area contributed by atoms with Crippen LogP contribution < -0.4 is 10.2 Å². The van der Waals surface area contributed by atoms with Crippen LogP contribution in [0.5, 0.6) is 0 Å². The van der Waals surface area contributed by atoms with Crippen LogP contribution in [0.3, 0.4) is 0 Å². The van der Waals surface area contributed by atoms with E-state index in [4.69, 9.17) is 0 Å². The number of imide groups is 1. The first kappa shape index (κ1) is 17.3. The maximum absolute atomic E-state index is 13.1. The summed E-state index contributed by atoms with van der Waals surface area (Å²) in [5.41, 5.74) is 1.68. The molecule has 2 aliphatic rings. The lowest BCUT2D eigenvalue weighted by Crippen LogP contribution is -2.49. The molecule has 0 aliphatic carbocycles. The molecule has 0 bridgehead atoms. The van der Waals surface area contributed by atoms with Gasteiger partial charge in [0.2, 0.25) is 0 Å². The Balaban J connectivity index is 1.38. The molecule has 4 amide bonds. The molecule has 4 heterocycles. The van der Waals surface area contributed by atoms with Gasteiger partial charge in [0.05, 0.1) is 22.3 Å². The second-order valence-electron chi connectivity index (χ2n) is 6.75. The van der Waals surface area contributed by atoms with Crippen LogP contribution in [0.4, 0.5) is 10.5 Å². The number of nitrogens with zero attached hydrogens (tertiary/aromatic N) is 4. The van der Waals surface area contributed by atoms with Gasteiger partial charge in [-0.05, 0) is 36.4 Å². The third kappa shape index (κ3) is 2.68. The Labute approximate surface area is 168 Å². The van der Waals surface area contributed by atoms with Crippen molar-refractivity contribution in [1.82, 2.24) is 19.0 Å². The summed E-state index contributed by atoms with van der Waals surface area (Å²) in [5.74, 6) is -0.416. The molecule has 8 nitrogen and oxygen atoms in total. The lowest BCUT2D eigenvalue weighted by molar-refractivity contribution is -0.120. The van der Waals surface area contributed by atoms with Gasteiger partial charge in [0.15, 0.2) is 0 Å². The molecule has 2 atom stereocenters. The van der Waals surface area contributed by atoms with Crippen LogP contribution in [-0.4, -0.2) is 50.1 Å². The fourth-order valence-corrected chi connectivity index (χ4v) is 4.96. The summed E-state index contributed by atoms with van der Waals surface area (Å²) >= 11 is 2.43. The second-order valence-corrected chi connectivity index (χ2v) is 8.22. The molecule has 0 spiro atoms. The lowest BCUT2D eigenvalue weighted by Gasteiger charge is -2.32. The van der Waals surface area contributed by atoms with Crippen LogP contribution >= 0.6 is 23.1 Å². The zero-order valence-electron chi connectivity index (χ0n) is 14.6. The first-order valence-electron chi connectivity index (χ1n) is 8.83. The number of carbonyl (C=O) groups is 3. The van der Waals surface area contributed by atoms with Gasteiger partial charge < -0.3 is 10.2 Å². The zero-order chi connectivity index (χ0) is 19.3. The monoisotopic (exact) mass is 413 g/mol. The van der Waals surface area contributed by atoms with E-state index in [0.29, 0.717) is 41.0 Å². The van der Waals surface area contributed by atoms with E-state index in [0.717, 1.165) is 11.7 Å². The number of urea groups is 1. The number of nitrogens with one attached hydrogen (secondary N) is 1. The van der Waals surface area contributed by atoms with Crippen molar-refractivity contribution in [3.05, 3.63) is 40.6 Å². The number of benzene rings is 1. The second kappa shape index (κ2) is 6.64. The van der Waals surface area contributed by atoms with Crippen molar-refractivity contribution >= 4 is 57.6 Å². The molecule has 2 unspecified atom stereocenters. The molecule has 28 heavy (non-hydrogen) atoms. The van der Waals surface area contributed by atoms with Gasteiger partial charge in [-0.1, -0.05) is 12.1 Å². The number of rotatable bonds is 3. The highest BCUT2D eigenvalue weighted by molar-refractivity contribution is 7.12. The number of fused-ring (bicyclic) bond motifs is 2. The van der Waals surface area contributed by atoms with Crippen molar-refractivity contribution in [3.63, 3.8) is 0 Å². The van der Waals surface area contributed by atoms with E-state index in [2.05, 4.69) is 14.1 Å². The molecule has 2 aromatic heterocycles. The Bertz CT molecular complexity index is 1080. The van der Waals surface area contributed by atoms with E-state index in [1.54, 1.807) is 29.2 Å². The number of aromatic nitrogens is 2. The summed E-state index contributed by atoms with van der Waals surface area (Å²) in [7, 11) is 0. The lowest BCUT2D eigenvalue weighted by atomic mass is 9.98. The summed E-state index contributed by atoms with van der Waals surface area (Å²) in [6.07, 6.45) is 1.02. The van der Waals surface area contributed by atoms with Crippen LogP contribution in [0.15, 0.2) is 35.7 Å². The molecule has 1 aromatic carbocycles. The van der Waals surface area contributed by atoms with Crippen LogP contribution in [0, 0.1) is 0 Å². The molecule has 2 fully saturated rings. The van der Waals surface area contributed by atoms with Crippen molar-refractivity contribution in [2.45, 2.75) is 24.9 Å². The number of hydrogen-bond donors (Lipinski definition) is 1. The number of anilines is 1. The maximum atomic E-state index is 13.1. The van der Waals surface area contributed by atoms with Gasteiger partial charge in [-0.15, -0.1) is 11.3 Å². The van der Waals surface area contributed by atoms with Crippen molar-refractivity contribution in [1.29, 1.82) is 0 Å². The summed E-state index contributed by atoms with van der Waals surface area (Å²) in [4.78, 5) is 41.8. The molecule has 2 saturated heterocycles. The molecule has 3 aromatic rings. The minimum atomic E-state index is -0.572. The van der Waals surface area contributed by atoms with Crippen LogP contribution in [0.25, 0.3) is 11.0 Å². The van der Waals surface area contributed by atoms with Crippen molar-refractivity contribution < 1.29 is 14.4 Å². The van der Waals surface area contributed by atoms with E-state index >= 15 is 0 Å². The average Bonchev–Trinajstić information content (AvgIpc) is 3.43. The van der Waals surface area contributed by atoms with Gasteiger partial charge in [0.25, 0.3) is 11.8 Å². The smallest absolute Gasteiger partial charge is 0.332 e. The zero-order valence-corrected chi connectivity index (χ0v) is 16.2. The van der Waals surface area contributed by atoms with Gasteiger partial charge in [-0.2, -0.15) is 8.75 Å². The first-order valence-corrected chi connectivity index (χ1v) is 10.4. The maximum Gasteiger partial charge on any atom is 0.332 e. The van der Waals surface area contributed by atoms with Crippen LogP contribution in [0.2, 0.25) is 0 Å². The van der Waals surface area contributed by atoms with Gasteiger partial charge in [0.1, 0.15) is 17.1 Å². The standard InChI is InChI=1S/C18H15N5O3S2/c24-16(14-5-2-8-27-14)19-10-6-7-22-13(9-10)17(25)23(18(22)26)12-4-1-3-11-15(12)21-28-20-11/h1-5,8,10,13H,6-7,9H2,(H,19,24). The Morgan fingerprint density at radius 2 is 2.07 bits per heavy atom. The number of piperidine rings is 1. The predicted molar refractivity (Wildman–Crippen MR) is 106 cm³/mol. The molecule has 2 aliphatic heterocycles. The quantitative estimate of drug-likeness (QED) is 0.666. The fraction of sp³-hybridized carbons (Fsp3) is 0.278. The van der Waals surface area contributed by atoms with E-state index in [9.17, 15) is 14.4 Å². The normalized spacial score (nSPS) is 22.0. The SMILES string of the molecule is O=C(NC1CCN2C(=O)N(c3cccc4nsnc34)C(=O)C2C1)c1cccs1. The summed E-state index contributed by atoms with van der Waals surface area (Å²) in [5, 5.41) is 4.84. The largest absolute Gasteiger partial charge is 0.348 e. The first-order chi connectivity index (χ1) is 13.6. The number of thiophene rings is 1. The minimum Gasteiger partial charge on any atom is -0.348 e.